The molecular weight excluding hydrogens is 892 g/mol. The van der Waals surface area contributed by atoms with Crippen LogP contribution in [0.2, 0.25) is 0 Å². The maximum absolute atomic E-state index is 6.85. The Balaban J connectivity index is 0.00000469. The summed E-state index contributed by atoms with van der Waals surface area (Å²) in [5.74, 6) is 2.06. The van der Waals surface area contributed by atoms with Crippen molar-refractivity contribution >= 4 is 44.6 Å². The van der Waals surface area contributed by atoms with Crippen LogP contribution in [0.15, 0.2) is 134 Å². The number of nitrogens with zero attached hydrogens (tertiary/aromatic N) is 4. The van der Waals surface area contributed by atoms with Crippen molar-refractivity contribution in [3.63, 3.8) is 0 Å². The Morgan fingerprint density at radius 3 is 2.02 bits per heavy atom. The van der Waals surface area contributed by atoms with Crippen LogP contribution >= 0.6 is 0 Å². The molecule has 0 saturated carbocycles. The summed E-state index contributed by atoms with van der Waals surface area (Å²) < 4.78 is 9.09. The smallest absolute Gasteiger partial charge is 0.135 e. The molecule has 0 fully saturated rings. The fourth-order valence-electron chi connectivity index (χ4n) is 8.11. The van der Waals surface area contributed by atoms with Gasteiger partial charge in [0.25, 0.3) is 0 Å². The first-order valence-electron chi connectivity index (χ1n) is 19.7. The largest absolute Gasteiger partial charge is 0.509 e. The molecule has 1 aliphatic rings. The first-order valence-corrected chi connectivity index (χ1v) is 19.7. The van der Waals surface area contributed by atoms with Crippen molar-refractivity contribution in [2.75, 3.05) is 9.80 Å². The summed E-state index contributed by atoms with van der Waals surface area (Å²) in [5, 5.41) is 2.26. The number of anilines is 4. The van der Waals surface area contributed by atoms with Crippen molar-refractivity contribution < 1.29 is 25.8 Å². The Morgan fingerprint density at radius 1 is 0.621 bits per heavy atom. The summed E-state index contributed by atoms with van der Waals surface area (Å²) >= 11 is 0. The predicted molar refractivity (Wildman–Crippen MR) is 237 cm³/mol. The molecule has 0 spiro atoms. The summed E-state index contributed by atoms with van der Waals surface area (Å²) in [7, 11) is 0. The second-order valence-electron chi connectivity index (χ2n) is 17.2. The maximum atomic E-state index is 6.85. The van der Waals surface area contributed by atoms with Crippen LogP contribution in [-0.4, -0.2) is 9.55 Å². The van der Waals surface area contributed by atoms with E-state index in [1.54, 1.807) is 0 Å². The molecule has 294 valence electrons. The van der Waals surface area contributed by atoms with Gasteiger partial charge in [-0.2, -0.15) is 6.07 Å². The molecule has 0 amide bonds. The molecule has 0 saturated heterocycles. The molecule has 6 aromatic carbocycles. The van der Waals surface area contributed by atoms with Gasteiger partial charge in [-0.05, 0) is 100 Å². The van der Waals surface area contributed by atoms with Crippen LogP contribution in [0.1, 0.15) is 63.8 Å². The Morgan fingerprint density at radius 2 is 1.28 bits per heavy atom. The van der Waals surface area contributed by atoms with E-state index in [9.17, 15) is 0 Å². The first kappa shape index (κ1) is 39.2. The zero-order valence-electron chi connectivity index (χ0n) is 34.3. The minimum absolute atomic E-state index is 0. The van der Waals surface area contributed by atoms with Gasteiger partial charge >= 0.3 is 0 Å². The van der Waals surface area contributed by atoms with E-state index in [1.165, 1.54) is 27.8 Å². The maximum Gasteiger partial charge on any atom is 0.135 e. The minimum Gasteiger partial charge on any atom is -0.509 e. The Hall–Kier alpha value is -5.64. The number of hydrogen-bond donors (Lipinski definition) is 0. The van der Waals surface area contributed by atoms with Gasteiger partial charge in [0.05, 0.1) is 0 Å². The molecule has 6 heteroatoms. The topological polar surface area (TPSA) is 33.5 Å². The van der Waals surface area contributed by atoms with Gasteiger partial charge in [-0.15, -0.1) is 48.3 Å². The molecule has 8 aromatic rings. The number of pyridine rings is 1. The summed E-state index contributed by atoms with van der Waals surface area (Å²) in [5.41, 5.74) is 13.4. The van der Waals surface area contributed by atoms with Gasteiger partial charge < -0.3 is 19.1 Å². The summed E-state index contributed by atoms with van der Waals surface area (Å²) in [6.45, 7) is 20.0. The van der Waals surface area contributed by atoms with Crippen LogP contribution in [0.4, 0.5) is 22.7 Å². The third-order valence-electron chi connectivity index (χ3n) is 11.1. The van der Waals surface area contributed by atoms with Crippen LogP contribution in [-0.2, 0) is 31.9 Å². The molecule has 1 aliphatic heterocycles. The third kappa shape index (κ3) is 7.00. The molecule has 0 aliphatic carbocycles. The van der Waals surface area contributed by atoms with Crippen molar-refractivity contribution in [3.8, 4) is 28.4 Å². The van der Waals surface area contributed by atoms with Gasteiger partial charge in [0.15, 0.2) is 0 Å². The van der Waals surface area contributed by atoms with Gasteiger partial charge in [-0.1, -0.05) is 113 Å². The van der Waals surface area contributed by atoms with E-state index in [-0.39, 0.29) is 31.9 Å². The molecule has 0 unspecified atom stereocenters. The van der Waals surface area contributed by atoms with Gasteiger partial charge in [0, 0.05) is 61.3 Å². The number of rotatable bonds is 6. The Bertz CT molecular complexity index is 2800. The zero-order chi connectivity index (χ0) is 39.6. The van der Waals surface area contributed by atoms with Gasteiger partial charge in [-0.25, -0.2) is 4.98 Å². The Kier molecular flexibility index (Phi) is 10.1. The minimum atomic E-state index is -0.0422. The van der Waals surface area contributed by atoms with Crippen molar-refractivity contribution in [2.45, 2.75) is 66.2 Å². The number of hydrogen-bond acceptors (Lipinski definition) is 4. The number of benzene rings is 6. The SMILES string of the molecule is Cc1cccc(C)c1-c1cc(Oc2[c-]c(N3[CH-]N(c4cccc(C(C)(C)C)c4)c4ccccc43)ccc2)[c-]c2c1c1ccccc1n2-c1cc(C(C)(C)C)ccn1.[Pt]. The number of para-hydroxylation sites is 3. The second-order valence-corrected chi connectivity index (χ2v) is 17.2. The molecule has 9 rings (SSSR count). The fourth-order valence-corrected chi connectivity index (χ4v) is 8.11. The zero-order valence-corrected chi connectivity index (χ0v) is 36.6. The fraction of sp³-hybridized carbons (Fsp3) is 0.192. The number of ether oxygens (including phenoxy) is 1. The molecule has 2 aromatic heterocycles. The summed E-state index contributed by atoms with van der Waals surface area (Å²) in [6.07, 6.45) is 1.92. The summed E-state index contributed by atoms with van der Waals surface area (Å²) in [6, 6.07) is 52.3. The molecule has 5 nitrogen and oxygen atoms in total. The van der Waals surface area contributed by atoms with Gasteiger partial charge in [-0.3, -0.25) is 0 Å². The van der Waals surface area contributed by atoms with Gasteiger partial charge in [0.1, 0.15) is 5.82 Å². The number of fused-ring (bicyclic) bond motifs is 4. The van der Waals surface area contributed by atoms with E-state index >= 15 is 0 Å². The van der Waals surface area contributed by atoms with E-state index in [0.717, 1.165) is 55.9 Å². The van der Waals surface area contributed by atoms with Crippen LogP contribution in [0.5, 0.6) is 11.5 Å². The molecule has 0 bridgehead atoms. The normalized spacial score (nSPS) is 12.9. The monoisotopic (exact) mass is 938 g/mol. The van der Waals surface area contributed by atoms with E-state index in [2.05, 4.69) is 204 Å². The van der Waals surface area contributed by atoms with Gasteiger partial charge in [0.2, 0.25) is 0 Å². The van der Waals surface area contributed by atoms with Crippen LogP contribution in [0, 0.1) is 32.6 Å². The van der Waals surface area contributed by atoms with Crippen molar-refractivity contribution in [3.05, 3.63) is 175 Å². The Labute approximate surface area is 357 Å². The third-order valence-corrected chi connectivity index (χ3v) is 11.1. The van der Waals surface area contributed by atoms with Crippen LogP contribution in [0.25, 0.3) is 38.8 Å². The number of aryl methyl sites for hydroxylation is 2. The first-order chi connectivity index (χ1) is 27.3. The van der Waals surface area contributed by atoms with Crippen LogP contribution in [0.3, 0.4) is 0 Å². The summed E-state index contributed by atoms with van der Waals surface area (Å²) in [4.78, 5) is 9.39. The quantitative estimate of drug-likeness (QED) is 0.156. The molecule has 0 N–H and O–H groups in total. The van der Waals surface area contributed by atoms with Crippen molar-refractivity contribution in [1.82, 2.24) is 9.55 Å². The average Bonchev–Trinajstić information content (AvgIpc) is 3.74. The standard InChI is InChI=1S/C52H47N4O.Pt/c1-34-16-13-17-35(2)49(34)43-31-41(32-47-50(43)42-22-9-10-23-44(42)56(47)48-29-37(26-27-53-48)52(6,7)8)57-40-21-15-20-39(30-40)55-33-54(45-24-11-12-25-46(45)55)38-19-14-18-36(28-38)51(3,4)5;/h9-29,31,33H,1-8H3;/q-3;. The van der Waals surface area contributed by atoms with E-state index < -0.39 is 0 Å². The molecule has 58 heavy (non-hydrogen) atoms. The number of aromatic nitrogens is 2. The van der Waals surface area contributed by atoms with E-state index in [0.29, 0.717) is 11.5 Å². The predicted octanol–water partition coefficient (Wildman–Crippen LogP) is 13.9. The molecule has 0 atom stereocenters. The molecule has 3 heterocycles. The second kappa shape index (κ2) is 14.9. The van der Waals surface area contributed by atoms with E-state index in [4.69, 9.17) is 9.72 Å². The van der Waals surface area contributed by atoms with Crippen molar-refractivity contribution in [2.24, 2.45) is 0 Å². The van der Waals surface area contributed by atoms with Crippen LogP contribution < -0.4 is 14.5 Å². The van der Waals surface area contributed by atoms with Crippen molar-refractivity contribution in [1.29, 1.82) is 0 Å². The molecular formula is C52H47N4OPt-3. The average molecular weight is 939 g/mol. The molecule has 0 radical (unpaired) electrons. The van der Waals surface area contributed by atoms with E-state index in [1.807, 2.05) is 18.3 Å².